The summed E-state index contributed by atoms with van der Waals surface area (Å²) in [4.78, 5) is 12.8. The summed E-state index contributed by atoms with van der Waals surface area (Å²) in [5.41, 5.74) is 1.15. The zero-order valence-corrected chi connectivity index (χ0v) is 8.26. The van der Waals surface area contributed by atoms with Crippen molar-refractivity contribution < 1.29 is 15.0 Å². The summed E-state index contributed by atoms with van der Waals surface area (Å²) in [5, 5.41) is 18.2. The van der Waals surface area contributed by atoms with E-state index < -0.39 is 5.97 Å². The summed E-state index contributed by atoms with van der Waals surface area (Å²) in [5.74, 6) is -0.920. The van der Waals surface area contributed by atoms with Gasteiger partial charge in [0.2, 0.25) is 0 Å². The number of β-amino-alcohol motifs (C(OH)–C–C–N with tert-alkyl or cyclic N) is 1. The maximum absolute atomic E-state index is 10.8. The van der Waals surface area contributed by atoms with Gasteiger partial charge in [-0.3, -0.25) is 0 Å². The molecule has 1 aliphatic heterocycles. The number of nitrogens with zero attached hydrogens (tertiary/aromatic N) is 1. The van der Waals surface area contributed by atoms with Crippen LogP contribution in [0.3, 0.4) is 0 Å². The molecule has 4 nitrogen and oxygen atoms in total. The quantitative estimate of drug-likeness (QED) is 0.758. The van der Waals surface area contributed by atoms with Crippen molar-refractivity contribution in [3.05, 3.63) is 29.8 Å². The molecule has 15 heavy (non-hydrogen) atoms. The van der Waals surface area contributed by atoms with Crippen LogP contribution in [0, 0.1) is 0 Å². The lowest BCUT2D eigenvalue weighted by atomic mass is 10.2. The molecule has 1 heterocycles. The summed E-state index contributed by atoms with van der Waals surface area (Å²) < 4.78 is 0. The van der Waals surface area contributed by atoms with E-state index in [4.69, 9.17) is 5.11 Å². The molecule has 0 spiro atoms. The Morgan fingerprint density at radius 3 is 2.87 bits per heavy atom. The average molecular weight is 207 g/mol. The molecule has 0 aliphatic carbocycles. The van der Waals surface area contributed by atoms with E-state index in [9.17, 15) is 9.90 Å². The fraction of sp³-hybridized carbons (Fsp3) is 0.364. The summed E-state index contributed by atoms with van der Waals surface area (Å²) in [7, 11) is 0. The van der Waals surface area contributed by atoms with E-state index >= 15 is 0 Å². The van der Waals surface area contributed by atoms with E-state index in [-0.39, 0.29) is 11.7 Å². The minimum atomic E-state index is -0.920. The van der Waals surface area contributed by atoms with Crippen LogP contribution in [0.2, 0.25) is 0 Å². The predicted octanol–water partition coefficient (Wildman–Crippen LogP) is 0.956. The molecule has 0 radical (unpaired) electrons. The van der Waals surface area contributed by atoms with Gasteiger partial charge in [0.15, 0.2) is 0 Å². The normalized spacial score (nSPS) is 20.6. The van der Waals surface area contributed by atoms with E-state index in [0.717, 1.165) is 18.7 Å². The Bertz CT molecular complexity index is 378. The molecule has 0 amide bonds. The third kappa shape index (κ3) is 2.10. The second-order valence-corrected chi connectivity index (χ2v) is 3.74. The van der Waals surface area contributed by atoms with E-state index in [2.05, 4.69) is 0 Å². The van der Waals surface area contributed by atoms with Crippen molar-refractivity contribution in [3.63, 3.8) is 0 Å². The van der Waals surface area contributed by atoms with Crippen molar-refractivity contribution >= 4 is 11.7 Å². The Morgan fingerprint density at radius 2 is 2.27 bits per heavy atom. The number of carboxylic acids is 1. The van der Waals surface area contributed by atoms with Gasteiger partial charge >= 0.3 is 5.97 Å². The summed E-state index contributed by atoms with van der Waals surface area (Å²) in [6.45, 7) is 1.37. The van der Waals surface area contributed by atoms with Gasteiger partial charge in [0, 0.05) is 18.8 Å². The molecule has 0 saturated carbocycles. The number of benzene rings is 1. The third-order valence-electron chi connectivity index (χ3n) is 2.62. The first-order valence-electron chi connectivity index (χ1n) is 4.93. The van der Waals surface area contributed by atoms with Crippen LogP contribution < -0.4 is 4.90 Å². The molecule has 1 aliphatic rings. The number of hydrogen-bond donors (Lipinski definition) is 2. The van der Waals surface area contributed by atoms with Crippen molar-refractivity contribution in [3.8, 4) is 0 Å². The molecule has 0 unspecified atom stereocenters. The molecule has 1 saturated heterocycles. The van der Waals surface area contributed by atoms with Gasteiger partial charge < -0.3 is 15.1 Å². The zero-order valence-electron chi connectivity index (χ0n) is 8.26. The molecule has 4 heteroatoms. The third-order valence-corrected chi connectivity index (χ3v) is 2.62. The topological polar surface area (TPSA) is 60.8 Å². The zero-order chi connectivity index (χ0) is 10.8. The molecule has 2 N–H and O–H groups in total. The largest absolute Gasteiger partial charge is 0.478 e. The predicted molar refractivity (Wildman–Crippen MR) is 56.2 cm³/mol. The van der Waals surface area contributed by atoms with Crippen molar-refractivity contribution in [1.82, 2.24) is 0 Å². The minimum absolute atomic E-state index is 0.286. The number of carbonyl (C=O) groups is 1. The molecule has 1 aromatic rings. The van der Waals surface area contributed by atoms with Gasteiger partial charge in [-0.25, -0.2) is 4.79 Å². The number of aromatic carboxylic acids is 1. The fourth-order valence-corrected chi connectivity index (χ4v) is 1.81. The summed E-state index contributed by atoms with van der Waals surface area (Å²) in [6.07, 6.45) is 0.454. The van der Waals surface area contributed by atoms with Gasteiger partial charge in [-0.15, -0.1) is 0 Å². The highest BCUT2D eigenvalue weighted by Gasteiger charge is 2.20. The van der Waals surface area contributed by atoms with Crippen LogP contribution in [0.4, 0.5) is 5.69 Å². The van der Waals surface area contributed by atoms with Crippen LogP contribution in [0.15, 0.2) is 24.3 Å². The number of rotatable bonds is 2. The van der Waals surface area contributed by atoms with Crippen LogP contribution in [0.1, 0.15) is 16.8 Å². The van der Waals surface area contributed by atoms with Crippen LogP contribution >= 0.6 is 0 Å². The lowest BCUT2D eigenvalue weighted by molar-refractivity contribution is 0.0697. The number of carboxylic acid groups (broad SMARTS) is 1. The maximum atomic E-state index is 10.8. The Balaban J connectivity index is 2.21. The standard InChI is InChI=1S/C11H13NO3/c13-10-4-5-12(7-10)9-3-1-2-8(6-9)11(14)15/h1-3,6,10,13H,4-5,7H2,(H,14,15)/t10-/m1/s1. The Kier molecular flexibility index (Phi) is 2.60. The average Bonchev–Trinajstić information content (AvgIpc) is 2.65. The van der Waals surface area contributed by atoms with Gasteiger partial charge in [-0.1, -0.05) is 6.07 Å². The first-order valence-corrected chi connectivity index (χ1v) is 4.93. The molecular weight excluding hydrogens is 194 g/mol. The van der Waals surface area contributed by atoms with E-state index in [1.165, 1.54) is 0 Å². The van der Waals surface area contributed by atoms with Crippen molar-refractivity contribution in [2.24, 2.45) is 0 Å². The molecule has 1 aromatic carbocycles. The Labute approximate surface area is 87.8 Å². The number of aliphatic hydroxyl groups is 1. The SMILES string of the molecule is O=C(O)c1cccc(N2CC[C@@H](O)C2)c1. The minimum Gasteiger partial charge on any atom is -0.478 e. The second kappa shape index (κ2) is 3.90. The van der Waals surface area contributed by atoms with Gasteiger partial charge in [0.05, 0.1) is 11.7 Å². The molecule has 0 aromatic heterocycles. The first kappa shape index (κ1) is 9.98. The highest BCUT2D eigenvalue weighted by molar-refractivity contribution is 5.88. The molecule has 0 bridgehead atoms. The highest BCUT2D eigenvalue weighted by Crippen LogP contribution is 2.21. The summed E-state index contributed by atoms with van der Waals surface area (Å²) in [6, 6.07) is 6.80. The number of aliphatic hydroxyl groups excluding tert-OH is 1. The van der Waals surface area contributed by atoms with Gasteiger partial charge in [0.1, 0.15) is 0 Å². The van der Waals surface area contributed by atoms with Crippen LogP contribution in [0.5, 0.6) is 0 Å². The first-order chi connectivity index (χ1) is 7.16. The molecule has 80 valence electrons. The maximum Gasteiger partial charge on any atom is 0.335 e. The monoisotopic (exact) mass is 207 g/mol. The highest BCUT2D eigenvalue weighted by atomic mass is 16.4. The van der Waals surface area contributed by atoms with Crippen LogP contribution in [0.25, 0.3) is 0 Å². The van der Waals surface area contributed by atoms with Crippen molar-refractivity contribution in [2.45, 2.75) is 12.5 Å². The van der Waals surface area contributed by atoms with Gasteiger partial charge in [-0.2, -0.15) is 0 Å². The molecule has 1 atom stereocenters. The lowest BCUT2D eigenvalue weighted by Gasteiger charge is -2.17. The summed E-state index contributed by atoms with van der Waals surface area (Å²) >= 11 is 0. The van der Waals surface area contributed by atoms with Crippen molar-refractivity contribution in [2.75, 3.05) is 18.0 Å². The van der Waals surface area contributed by atoms with Gasteiger partial charge in [-0.05, 0) is 24.6 Å². The van der Waals surface area contributed by atoms with Crippen LogP contribution in [-0.2, 0) is 0 Å². The number of hydrogen-bond acceptors (Lipinski definition) is 3. The Hall–Kier alpha value is -1.55. The number of anilines is 1. The van der Waals surface area contributed by atoms with E-state index in [1.807, 2.05) is 11.0 Å². The van der Waals surface area contributed by atoms with E-state index in [0.29, 0.717) is 6.54 Å². The van der Waals surface area contributed by atoms with Gasteiger partial charge in [0.25, 0.3) is 0 Å². The molecular formula is C11H13NO3. The smallest absolute Gasteiger partial charge is 0.335 e. The lowest BCUT2D eigenvalue weighted by Crippen LogP contribution is -2.21. The Morgan fingerprint density at radius 1 is 1.47 bits per heavy atom. The van der Waals surface area contributed by atoms with Crippen molar-refractivity contribution in [1.29, 1.82) is 0 Å². The van der Waals surface area contributed by atoms with Crippen LogP contribution in [-0.4, -0.2) is 35.4 Å². The fourth-order valence-electron chi connectivity index (χ4n) is 1.81. The molecule has 2 rings (SSSR count). The second-order valence-electron chi connectivity index (χ2n) is 3.74. The van der Waals surface area contributed by atoms with E-state index in [1.54, 1.807) is 18.2 Å². The molecule has 1 fully saturated rings.